The van der Waals surface area contributed by atoms with Gasteiger partial charge in [-0.15, -0.1) is 16.7 Å². The molecule has 2 amide bonds. The van der Waals surface area contributed by atoms with Crippen molar-refractivity contribution in [3.8, 4) is 5.19 Å². The molecule has 2 rings (SSSR count). The number of amides is 2. The quantitative estimate of drug-likeness (QED) is 0.560. The first-order valence-electron chi connectivity index (χ1n) is 7.31. The van der Waals surface area contributed by atoms with Crippen molar-refractivity contribution in [1.82, 2.24) is 15.1 Å². The lowest BCUT2D eigenvalue weighted by Crippen LogP contribution is -2.56. The minimum atomic E-state index is -0.539. The van der Waals surface area contributed by atoms with Crippen molar-refractivity contribution in [3.05, 3.63) is 0 Å². The monoisotopic (exact) mass is 378 g/mol. The largest absolute Gasteiger partial charge is 0.472 e. The van der Waals surface area contributed by atoms with Gasteiger partial charge in [0.15, 0.2) is 11.3 Å². The number of anilines is 1. The molecule has 2 unspecified atom stereocenters. The maximum absolute atomic E-state index is 12.7. The second-order valence-corrected chi connectivity index (χ2v) is 6.69. The molecule has 1 aliphatic rings. The van der Waals surface area contributed by atoms with Gasteiger partial charge in [-0.3, -0.25) is 0 Å². The van der Waals surface area contributed by atoms with Gasteiger partial charge in [0.25, 0.3) is 5.19 Å². The molecule has 0 N–H and O–H groups in total. The number of carbonyl (C=O) groups is 1. The standard InChI is InChI=1S/C13H19ClN4O3S2/c1-4-8(14)10(22)21-9-6-7-17(5-2)13(19)18(9)11-15-16-12(20-3)23-11/h8-9H,4-7H2,1-3H3. The van der Waals surface area contributed by atoms with E-state index in [2.05, 4.69) is 10.2 Å². The SMILES string of the molecule is CCC(Cl)C(=S)OC1CCN(CC)C(=O)N1c1nnc(OC)s1. The molecule has 0 aromatic carbocycles. The Bertz CT molecular complexity index is 571. The second-order valence-electron chi connectivity index (χ2n) is 4.84. The minimum Gasteiger partial charge on any atom is -0.472 e. The van der Waals surface area contributed by atoms with Crippen LogP contribution in [0.4, 0.5) is 9.93 Å². The number of methoxy groups -OCH3 is 1. The fourth-order valence-electron chi connectivity index (χ4n) is 2.13. The summed E-state index contributed by atoms with van der Waals surface area (Å²) in [5, 5.41) is 8.62. The number of ether oxygens (including phenoxy) is 2. The topological polar surface area (TPSA) is 67.8 Å². The zero-order valence-electron chi connectivity index (χ0n) is 13.2. The highest BCUT2D eigenvalue weighted by atomic mass is 35.5. The van der Waals surface area contributed by atoms with Crippen LogP contribution in [0.3, 0.4) is 0 Å². The average molecular weight is 379 g/mol. The van der Waals surface area contributed by atoms with Crippen LogP contribution in [0.25, 0.3) is 0 Å². The van der Waals surface area contributed by atoms with E-state index in [1.54, 1.807) is 4.90 Å². The van der Waals surface area contributed by atoms with E-state index >= 15 is 0 Å². The molecule has 10 heteroatoms. The molecule has 1 fully saturated rings. The molecule has 1 aromatic heterocycles. The van der Waals surface area contributed by atoms with Gasteiger partial charge in [0.2, 0.25) is 5.13 Å². The number of rotatable bonds is 6. The van der Waals surface area contributed by atoms with Crippen molar-refractivity contribution in [2.45, 2.75) is 38.3 Å². The molecule has 0 saturated carbocycles. The van der Waals surface area contributed by atoms with E-state index < -0.39 is 6.23 Å². The second kappa shape index (κ2) is 8.07. The minimum absolute atomic E-state index is 0.187. The predicted octanol–water partition coefficient (Wildman–Crippen LogP) is 2.89. The number of urea groups is 1. The number of thiocarbonyl (C=S) groups is 1. The number of hydrogen-bond donors (Lipinski definition) is 0. The summed E-state index contributed by atoms with van der Waals surface area (Å²) in [4.78, 5) is 15.9. The first-order valence-corrected chi connectivity index (χ1v) is 8.98. The highest BCUT2D eigenvalue weighted by Crippen LogP contribution is 2.31. The molecule has 128 valence electrons. The van der Waals surface area contributed by atoms with Gasteiger partial charge in [-0.25, -0.2) is 9.69 Å². The average Bonchev–Trinajstić information content (AvgIpc) is 3.03. The van der Waals surface area contributed by atoms with Gasteiger partial charge in [-0.05, 0) is 36.9 Å². The Labute approximate surface area is 149 Å². The van der Waals surface area contributed by atoms with Crippen LogP contribution >= 0.6 is 35.2 Å². The van der Waals surface area contributed by atoms with Gasteiger partial charge in [0.05, 0.1) is 7.11 Å². The van der Waals surface area contributed by atoms with Gasteiger partial charge in [0.1, 0.15) is 5.38 Å². The molecule has 2 heterocycles. The van der Waals surface area contributed by atoms with E-state index in [9.17, 15) is 4.79 Å². The van der Waals surface area contributed by atoms with Gasteiger partial charge in [0, 0.05) is 19.5 Å². The fourth-order valence-corrected chi connectivity index (χ4v) is 3.16. The van der Waals surface area contributed by atoms with Gasteiger partial charge in [-0.1, -0.05) is 12.0 Å². The van der Waals surface area contributed by atoms with Gasteiger partial charge in [-0.2, -0.15) is 0 Å². The molecule has 0 aliphatic carbocycles. The Hall–Kier alpha value is -1.19. The third kappa shape index (κ3) is 4.02. The lowest BCUT2D eigenvalue weighted by molar-refractivity contribution is 0.119. The van der Waals surface area contributed by atoms with E-state index in [0.29, 0.717) is 41.3 Å². The van der Waals surface area contributed by atoms with Crippen LogP contribution in [-0.2, 0) is 4.74 Å². The maximum atomic E-state index is 12.7. The van der Waals surface area contributed by atoms with Crippen LogP contribution < -0.4 is 9.64 Å². The Morgan fingerprint density at radius 1 is 1.52 bits per heavy atom. The van der Waals surface area contributed by atoms with Crippen molar-refractivity contribution < 1.29 is 14.3 Å². The summed E-state index contributed by atoms with van der Waals surface area (Å²) in [5.41, 5.74) is 0. The van der Waals surface area contributed by atoms with Crippen LogP contribution in [0.15, 0.2) is 0 Å². The van der Waals surface area contributed by atoms with Crippen LogP contribution in [0.2, 0.25) is 0 Å². The van der Waals surface area contributed by atoms with E-state index in [4.69, 9.17) is 33.3 Å². The molecule has 0 bridgehead atoms. The predicted molar refractivity (Wildman–Crippen MR) is 93.6 cm³/mol. The summed E-state index contributed by atoms with van der Waals surface area (Å²) in [6, 6.07) is -0.187. The normalized spacial score (nSPS) is 19.7. The number of aromatic nitrogens is 2. The molecule has 1 aromatic rings. The number of carbonyl (C=O) groups excluding carboxylic acids is 1. The maximum Gasteiger partial charge on any atom is 0.329 e. The van der Waals surface area contributed by atoms with Crippen molar-refractivity contribution in [2.75, 3.05) is 25.1 Å². The Balaban J connectivity index is 2.24. The zero-order valence-corrected chi connectivity index (χ0v) is 15.6. The summed E-state index contributed by atoms with van der Waals surface area (Å²) in [6.07, 6.45) is 0.729. The van der Waals surface area contributed by atoms with E-state index in [1.165, 1.54) is 23.3 Å². The smallest absolute Gasteiger partial charge is 0.329 e. The number of nitrogens with zero attached hydrogens (tertiary/aromatic N) is 4. The molecule has 1 saturated heterocycles. The van der Waals surface area contributed by atoms with Crippen molar-refractivity contribution in [2.24, 2.45) is 0 Å². The fraction of sp³-hybridized carbons (Fsp3) is 0.692. The van der Waals surface area contributed by atoms with Crippen molar-refractivity contribution in [1.29, 1.82) is 0 Å². The Kier molecular flexibility index (Phi) is 6.37. The van der Waals surface area contributed by atoms with Crippen LogP contribution in [0, 0.1) is 0 Å². The van der Waals surface area contributed by atoms with Crippen LogP contribution in [0.1, 0.15) is 26.7 Å². The lowest BCUT2D eigenvalue weighted by Gasteiger charge is -2.39. The number of alkyl halides is 1. The van der Waals surface area contributed by atoms with Gasteiger partial charge >= 0.3 is 6.03 Å². The summed E-state index contributed by atoms with van der Waals surface area (Å²) in [5.74, 6) is 0. The molecule has 0 radical (unpaired) electrons. The summed E-state index contributed by atoms with van der Waals surface area (Å²) < 4.78 is 10.8. The zero-order chi connectivity index (χ0) is 17.0. The Morgan fingerprint density at radius 3 is 2.83 bits per heavy atom. The van der Waals surface area contributed by atoms with Crippen molar-refractivity contribution in [3.63, 3.8) is 0 Å². The van der Waals surface area contributed by atoms with Crippen LogP contribution in [-0.4, -0.2) is 58.0 Å². The molecular weight excluding hydrogens is 360 g/mol. The van der Waals surface area contributed by atoms with Crippen LogP contribution in [0.5, 0.6) is 5.19 Å². The van der Waals surface area contributed by atoms with E-state index in [1.807, 2.05) is 13.8 Å². The molecule has 23 heavy (non-hydrogen) atoms. The van der Waals surface area contributed by atoms with Crippen molar-refractivity contribution >= 4 is 51.4 Å². The first kappa shape index (κ1) is 18.2. The third-order valence-electron chi connectivity index (χ3n) is 3.44. The number of hydrogen-bond acceptors (Lipinski definition) is 7. The highest BCUT2D eigenvalue weighted by molar-refractivity contribution is 7.80. The number of halogens is 1. The van der Waals surface area contributed by atoms with E-state index in [-0.39, 0.29) is 11.4 Å². The highest BCUT2D eigenvalue weighted by Gasteiger charge is 2.38. The molecule has 7 nitrogen and oxygen atoms in total. The summed E-state index contributed by atoms with van der Waals surface area (Å²) >= 11 is 12.5. The molecular formula is C13H19ClN4O3S2. The molecule has 1 aliphatic heterocycles. The molecule has 0 spiro atoms. The van der Waals surface area contributed by atoms with Gasteiger partial charge < -0.3 is 14.4 Å². The van der Waals surface area contributed by atoms with E-state index in [0.717, 1.165) is 0 Å². The third-order valence-corrected chi connectivity index (χ3v) is 5.34. The summed E-state index contributed by atoms with van der Waals surface area (Å²) in [6.45, 7) is 5.05. The molecule has 2 atom stereocenters. The Morgan fingerprint density at radius 2 is 2.26 bits per heavy atom. The first-order chi connectivity index (χ1) is 11.0. The lowest BCUT2D eigenvalue weighted by atomic mass is 10.2. The summed E-state index contributed by atoms with van der Waals surface area (Å²) in [7, 11) is 1.50.